The zero-order chi connectivity index (χ0) is 21.3. The molecule has 1 saturated carbocycles. The number of benzene rings is 2. The van der Waals surface area contributed by atoms with E-state index in [1.807, 2.05) is 60.8 Å². The van der Waals surface area contributed by atoms with Crippen molar-refractivity contribution in [2.24, 2.45) is 11.8 Å². The van der Waals surface area contributed by atoms with Crippen LogP contribution in [0.1, 0.15) is 28.8 Å². The van der Waals surface area contributed by atoms with Gasteiger partial charge in [0.2, 0.25) is 0 Å². The lowest BCUT2D eigenvalue weighted by atomic mass is 9.91. The number of fused-ring (bicyclic) bond motifs is 1. The van der Waals surface area contributed by atoms with Gasteiger partial charge in [0.25, 0.3) is 0 Å². The van der Waals surface area contributed by atoms with Crippen LogP contribution in [0.15, 0.2) is 79.1 Å². The Balaban J connectivity index is 1.20. The van der Waals surface area contributed by atoms with Gasteiger partial charge in [-0.1, -0.05) is 54.6 Å². The Morgan fingerprint density at radius 2 is 1.71 bits per heavy atom. The Labute approximate surface area is 183 Å². The molecule has 5 rings (SSSR count). The van der Waals surface area contributed by atoms with E-state index in [1.54, 1.807) is 6.20 Å². The Morgan fingerprint density at radius 1 is 0.968 bits per heavy atom. The number of ketones is 1. The average molecular weight is 413 g/mol. The molecule has 1 aliphatic carbocycles. The molecule has 31 heavy (non-hydrogen) atoms. The van der Waals surface area contributed by atoms with Crippen LogP contribution in [0, 0.1) is 11.8 Å². The van der Waals surface area contributed by atoms with Crippen LogP contribution in [0.5, 0.6) is 0 Å². The van der Waals surface area contributed by atoms with Crippen LogP contribution in [-0.2, 0) is 6.42 Å². The number of carbonyl (C=O) groups is 1. The molecule has 2 aromatic carbocycles. The minimum absolute atomic E-state index is 0.158. The Kier molecular flexibility index (Phi) is 5.43. The molecule has 3 atom stereocenters. The Morgan fingerprint density at radius 3 is 2.42 bits per heavy atom. The van der Waals surface area contributed by atoms with Gasteiger partial charge in [-0.05, 0) is 47.9 Å². The summed E-state index contributed by atoms with van der Waals surface area (Å²) in [4.78, 5) is 19.4. The first kappa shape index (κ1) is 20.1. The van der Waals surface area contributed by atoms with Crippen molar-refractivity contribution in [2.75, 3.05) is 19.6 Å². The maximum atomic E-state index is 13.0. The zero-order valence-electron chi connectivity index (χ0n) is 17.7. The molecule has 0 bridgehead atoms. The van der Waals surface area contributed by atoms with E-state index < -0.39 is 5.60 Å². The summed E-state index contributed by atoms with van der Waals surface area (Å²) < 4.78 is 0. The average Bonchev–Trinajstić information content (AvgIpc) is 3.28. The smallest absolute Gasteiger partial charge is 0.176 e. The molecule has 0 spiro atoms. The van der Waals surface area contributed by atoms with E-state index in [1.165, 1.54) is 5.56 Å². The highest BCUT2D eigenvalue weighted by Crippen LogP contribution is 2.45. The molecule has 0 radical (unpaired) electrons. The third-order valence-corrected chi connectivity index (χ3v) is 6.86. The molecule has 158 valence electrons. The Bertz CT molecular complexity index is 1040. The van der Waals surface area contributed by atoms with Crippen molar-refractivity contribution in [3.8, 4) is 11.1 Å². The van der Waals surface area contributed by atoms with Gasteiger partial charge in [-0.15, -0.1) is 0 Å². The molecule has 1 saturated heterocycles. The first-order valence-corrected chi connectivity index (χ1v) is 11.1. The molecule has 2 aliphatic rings. The van der Waals surface area contributed by atoms with Gasteiger partial charge >= 0.3 is 0 Å². The van der Waals surface area contributed by atoms with Crippen molar-refractivity contribution in [3.05, 3.63) is 90.3 Å². The largest absolute Gasteiger partial charge is 0.390 e. The predicted octanol–water partition coefficient (Wildman–Crippen LogP) is 4.25. The van der Waals surface area contributed by atoms with E-state index in [0.717, 1.165) is 49.0 Å². The highest BCUT2D eigenvalue weighted by Gasteiger charge is 2.48. The van der Waals surface area contributed by atoms with Gasteiger partial charge in [-0.25, -0.2) is 0 Å². The van der Waals surface area contributed by atoms with Crippen molar-refractivity contribution in [2.45, 2.75) is 24.9 Å². The van der Waals surface area contributed by atoms with Crippen molar-refractivity contribution < 1.29 is 9.90 Å². The summed E-state index contributed by atoms with van der Waals surface area (Å²) in [6, 6.07) is 22.0. The number of likely N-dealkylation sites (tertiary alicyclic amines) is 1. The van der Waals surface area contributed by atoms with Gasteiger partial charge < -0.3 is 5.11 Å². The fraction of sp³-hybridized carbons (Fsp3) is 0.333. The summed E-state index contributed by atoms with van der Waals surface area (Å²) >= 11 is 0. The Hall–Kier alpha value is -2.82. The molecule has 1 aliphatic heterocycles. The van der Waals surface area contributed by atoms with Crippen LogP contribution in [-0.4, -0.2) is 46.0 Å². The van der Waals surface area contributed by atoms with E-state index in [0.29, 0.717) is 18.4 Å². The molecule has 4 nitrogen and oxygen atoms in total. The van der Waals surface area contributed by atoms with Crippen LogP contribution < -0.4 is 0 Å². The van der Waals surface area contributed by atoms with Gasteiger partial charge in [-0.3, -0.25) is 14.7 Å². The summed E-state index contributed by atoms with van der Waals surface area (Å²) in [5, 5.41) is 11.1. The SMILES string of the molecule is O=C(CN1C[C@@H]2C[C@](O)(Cc3ccccc3)C[C@@H]2C1)c1cccc(-c2cccnc2)c1. The molecule has 4 heteroatoms. The fourth-order valence-corrected chi connectivity index (χ4v) is 5.51. The highest BCUT2D eigenvalue weighted by molar-refractivity contribution is 5.98. The quantitative estimate of drug-likeness (QED) is 0.615. The van der Waals surface area contributed by atoms with E-state index in [-0.39, 0.29) is 5.78 Å². The fourth-order valence-electron chi connectivity index (χ4n) is 5.51. The summed E-state index contributed by atoms with van der Waals surface area (Å²) in [6.07, 6.45) is 5.95. The minimum atomic E-state index is -0.606. The van der Waals surface area contributed by atoms with E-state index in [2.05, 4.69) is 22.0 Å². The number of pyridine rings is 1. The van der Waals surface area contributed by atoms with Crippen molar-refractivity contribution in [3.63, 3.8) is 0 Å². The summed E-state index contributed by atoms with van der Waals surface area (Å²) in [5.41, 5.74) is 3.38. The topological polar surface area (TPSA) is 53.4 Å². The molecule has 2 fully saturated rings. The second-order valence-electron chi connectivity index (χ2n) is 9.25. The van der Waals surface area contributed by atoms with Crippen LogP contribution in [0.25, 0.3) is 11.1 Å². The molecule has 0 unspecified atom stereocenters. The highest BCUT2D eigenvalue weighted by atomic mass is 16.3. The normalized spacial score (nSPS) is 25.5. The van der Waals surface area contributed by atoms with Crippen molar-refractivity contribution in [1.29, 1.82) is 0 Å². The molecule has 3 aromatic rings. The third-order valence-electron chi connectivity index (χ3n) is 6.86. The molecule has 0 amide bonds. The standard InChI is InChI=1S/C27H28N2O2/c30-26(22-9-4-8-21(12-22)23-10-5-11-28-16-23)19-29-17-24-14-27(31,15-25(24)18-29)13-20-6-2-1-3-7-20/h1-12,16,24-25,31H,13-15,17-19H2/t24-,25+,27+. The van der Waals surface area contributed by atoms with Crippen LogP contribution in [0.3, 0.4) is 0 Å². The van der Waals surface area contributed by atoms with Crippen molar-refractivity contribution in [1.82, 2.24) is 9.88 Å². The molecule has 1 aromatic heterocycles. The summed E-state index contributed by atoms with van der Waals surface area (Å²) in [7, 11) is 0. The first-order chi connectivity index (χ1) is 15.1. The van der Waals surface area contributed by atoms with E-state index >= 15 is 0 Å². The third kappa shape index (κ3) is 4.46. The van der Waals surface area contributed by atoms with Crippen LogP contribution in [0.2, 0.25) is 0 Å². The summed E-state index contributed by atoms with van der Waals surface area (Å²) in [6.45, 7) is 2.24. The zero-order valence-corrected chi connectivity index (χ0v) is 17.7. The molecule has 1 N–H and O–H groups in total. The lowest BCUT2D eigenvalue weighted by Crippen LogP contribution is -2.34. The molecular formula is C27H28N2O2. The van der Waals surface area contributed by atoms with Crippen LogP contribution >= 0.6 is 0 Å². The van der Waals surface area contributed by atoms with E-state index in [4.69, 9.17) is 0 Å². The van der Waals surface area contributed by atoms with E-state index in [9.17, 15) is 9.90 Å². The van der Waals surface area contributed by atoms with Gasteiger partial charge in [0.1, 0.15) is 0 Å². The number of hydrogen-bond donors (Lipinski definition) is 1. The van der Waals surface area contributed by atoms with Gasteiger partial charge in [0, 0.05) is 43.0 Å². The maximum absolute atomic E-state index is 13.0. The number of aliphatic hydroxyl groups is 1. The number of rotatable bonds is 6. The van der Waals surface area contributed by atoms with Gasteiger partial charge in [0.15, 0.2) is 5.78 Å². The van der Waals surface area contributed by atoms with Gasteiger partial charge in [-0.2, -0.15) is 0 Å². The van der Waals surface area contributed by atoms with Gasteiger partial charge in [0.05, 0.1) is 12.1 Å². The predicted molar refractivity (Wildman–Crippen MR) is 122 cm³/mol. The van der Waals surface area contributed by atoms with Crippen LogP contribution in [0.4, 0.5) is 0 Å². The number of aromatic nitrogens is 1. The second kappa shape index (κ2) is 8.37. The number of nitrogens with zero attached hydrogens (tertiary/aromatic N) is 2. The lowest BCUT2D eigenvalue weighted by Gasteiger charge is -2.26. The second-order valence-corrected chi connectivity index (χ2v) is 9.25. The number of carbonyl (C=O) groups excluding carboxylic acids is 1. The first-order valence-electron chi connectivity index (χ1n) is 11.1. The monoisotopic (exact) mass is 412 g/mol. The lowest BCUT2D eigenvalue weighted by molar-refractivity contribution is 0.0355. The number of hydrogen-bond acceptors (Lipinski definition) is 4. The van der Waals surface area contributed by atoms with Crippen molar-refractivity contribution >= 4 is 5.78 Å². The summed E-state index contributed by atoms with van der Waals surface area (Å²) in [5.74, 6) is 1.11. The number of Topliss-reactive ketones (excluding diaryl/α,β-unsaturated/α-hetero) is 1. The minimum Gasteiger partial charge on any atom is -0.390 e. The molecule has 2 heterocycles. The molecular weight excluding hydrogens is 384 g/mol. The maximum Gasteiger partial charge on any atom is 0.176 e.